The highest BCUT2D eigenvalue weighted by molar-refractivity contribution is 8.00. The van der Waals surface area contributed by atoms with E-state index in [4.69, 9.17) is 46.4 Å². The molecule has 7 nitrogen and oxygen atoms in total. The first-order valence-electron chi connectivity index (χ1n) is 12.2. The van der Waals surface area contributed by atoms with Crippen LogP contribution in [0.1, 0.15) is 16.4 Å². The van der Waals surface area contributed by atoms with E-state index in [2.05, 4.69) is 5.32 Å². The summed E-state index contributed by atoms with van der Waals surface area (Å²) in [4.78, 5) is 55.3. The summed E-state index contributed by atoms with van der Waals surface area (Å²) in [6.07, 6.45) is 0. The molecule has 13 heteroatoms. The van der Waals surface area contributed by atoms with Crippen molar-refractivity contribution in [2.75, 3.05) is 10.2 Å². The standard InChI is InChI=1S/C28H17Cl4N3O4S2/c29-13-4-8-15(9-5-13)33-19(36)12-34-27-24(41-28(34)39)20(17-2-1-3-18(31)22(17)32)21-23(40-27)26(38)35(25(21)37)16-10-6-14(30)7-11-16/h1-11,20-21,23H,12H2,(H,33,36). The number of amides is 3. The second-order valence-corrected chi connectivity index (χ2v) is 13.1. The topological polar surface area (TPSA) is 88.5 Å². The van der Waals surface area contributed by atoms with E-state index in [9.17, 15) is 19.2 Å². The molecule has 3 unspecified atom stereocenters. The summed E-state index contributed by atoms with van der Waals surface area (Å²) in [5, 5.41) is 3.82. The SMILES string of the molecule is O=C(Cn1c2c(sc1=O)C(c1cccc(Cl)c1Cl)C1C(=O)N(c3ccc(Cl)cc3)C(=O)C1S2)Nc1ccc(Cl)cc1. The number of aromatic nitrogens is 1. The molecule has 1 aromatic heterocycles. The first kappa shape index (κ1) is 28.3. The van der Waals surface area contributed by atoms with Gasteiger partial charge >= 0.3 is 4.87 Å². The van der Waals surface area contributed by atoms with Crippen molar-refractivity contribution >= 4 is 98.6 Å². The number of nitrogens with zero attached hydrogens (tertiary/aromatic N) is 2. The summed E-state index contributed by atoms with van der Waals surface area (Å²) in [6, 6.07) is 18.1. The smallest absolute Gasteiger partial charge is 0.308 e. The Bertz CT molecular complexity index is 1770. The van der Waals surface area contributed by atoms with Crippen molar-refractivity contribution in [1.82, 2.24) is 4.57 Å². The predicted molar refractivity (Wildman–Crippen MR) is 164 cm³/mol. The first-order chi connectivity index (χ1) is 19.6. The fourth-order valence-corrected chi connectivity index (χ4v) is 8.51. The molecule has 0 saturated carbocycles. The summed E-state index contributed by atoms with van der Waals surface area (Å²) in [5.41, 5.74) is 1.43. The van der Waals surface area contributed by atoms with Crippen LogP contribution in [0.2, 0.25) is 20.1 Å². The van der Waals surface area contributed by atoms with Crippen molar-refractivity contribution < 1.29 is 14.4 Å². The van der Waals surface area contributed by atoms with E-state index >= 15 is 0 Å². The zero-order chi connectivity index (χ0) is 29.0. The van der Waals surface area contributed by atoms with Gasteiger partial charge < -0.3 is 5.32 Å². The third-order valence-electron chi connectivity index (χ3n) is 6.88. The van der Waals surface area contributed by atoms with Crippen LogP contribution in [0.3, 0.4) is 0 Å². The number of rotatable bonds is 5. The maximum atomic E-state index is 14.0. The Kier molecular flexibility index (Phi) is 7.69. The fourth-order valence-electron chi connectivity index (χ4n) is 5.07. The molecule has 0 aliphatic carbocycles. The number of benzene rings is 3. The van der Waals surface area contributed by atoms with E-state index in [-0.39, 0.29) is 16.6 Å². The van der Waals surface area contributed by atoms with Crippen LogP contribution in [0.25, 0.3) is 0 Å². The van der Waals surface area contributed by atoms with Gasteiger partial charge in [0.1, 0.15) is 11.8 Å². The lowest BCUT2D eigenvalue weighted by Gasteiger charge is -2.31. The molecule has 1 N–H and O–H groups in total. The van der Waals surface area contributed by atoms with Crippen LogP contribution < -0.4 is 15.1 Å². The highest BCUT2D eigenvalue weighted by Crippen LogP contribution is 2.55. The number of carbonyl (C=O) groups excluding carboxylic acids is 3. The number of hydrogen-bond donors (Lipinski definition) is 1. The number of thiazole rings is 1. The van der Waals surface area contributed by atoms with Crippen molar-refractivity contribution in [1.29, 1.82) is 0 Å². The van der Waals surface area contributed by atoms with Crippen LogP contribution in [0.15, 0.2) is 76.6 Å². The van der Waals surface area contributed by atoms with Gasteiger partial charge in [-0.25, -0.2) is 4.90 Å². The van der Waals surface area contributed by atoms with Crippen LogP contribution in [0.5, 0.6) is 0 Å². The molecular formula is C28H17Cl4N3O4S2. The Morgan fingerprint density at radius 1 is 0.854 bits per heavy atom. The second-order valence-electron chi connectivity index (χ2n) is 9.35. The minimum Gasteiger partial charge on any atom is -0.325 e. The predicted octanol–water partition coefficient (Wildman–Crippen LogP) is 6.96. The highest BCUT2D eigenvalue weighted by atomic mass is 35.5. The molecule has 2 aliphatic rings. The van der Waals surface area contributed by atoms with Crippen LogP contribution in [-0.2, 0) is 20.9 Å². The molecular weight excluding hydrogens is 648 g/mol. The van der Waals surface area contributed by atoms with E-state index in [0.29, 0.717) is 36.9 Å². The van der Waals surface area contributed by atoms with E-state index in [0.717, 1.165) is 28.0 Å². The third kappa shape index (κ3) is 5.09. The molecule has 41 heavy (non-hydrogen) atoms. The molecule has 1 saturated heterocycles. The summed E-state index contributed by atoms with van der Waals surface area (Å²) < 4.78 is 1.33. The van der Waals surface area contributed by atoms with Gasteiger partial charge in [0.25, 0.3) is 0 Å². The van der Waals surface area contributed by atoms with Gasteiger partial charge in [-0.05, 0) is 60.2 Å². The zero-order valence-electron chi connectivity index (χ0n) is 20.6. The van der Waals surface area contributed by atoms with Gasteiger partial charge in [-0.3, -0.25) is 23.7 Å². The first-order valence-corrected chi connectivity index (χ1v) is 15.4. The number of nitrogens with one attached hydrogen (secondary N) is 1. The van der Waals surface area contributed by atoms with E-state index < -0.39 is 39.7 Å². The zero-order valence-corrected chi connectivity index (χ0v) is 25.3. The second kappa shape index (κ2) is 11.1. The number of anilines is 2. The molecule has 0 bridgehead atoms. The lowest BCUT2D eigenvalue weighted by Crippen LogP contribution is -2.33. The van der Waals surface area contributed by atoms with Gasteiger partial charge in [0.15, 0.2) is 0 Å². The Morgan fingerprint density at radius 2 is 1.51 bits per heavy atom. The van der Waals surface area contributed by atoms with E-state index in [1.165, 1.54) is 4.57 Å². The van der Waals surface area contributed by atoms with Gasteiger partial charge in [-0.1, -0.05) is 81.6 Å². The lowest BCUT2D eigenvalue weighted by atomic mass is 9.83. The number of imide groups is 1. The quantitative estimate of drug-likeness (QED) is 0.233. The fraction of sp³-hybridized carbons (Fsp3) is 0.143. The summed E-state index contributed by atoms with van der Waals surface area (Å²) >= 11 is 27.0. The minimum absolute atomic E-state index is 0.230. The van der Waals surface area contributed by atoms with Crippen molar-refractivity contribution in [2.45, 2.75) is 22.7 Å². The molecule has 3 atom stereocenters. The maximum absolute atomic E-state index is 14.0. The monoisotopic (exact) mass is 663 g/mol. The summed E-state index contributed by atoms with van der Waals surface area (Å²) in [6.45, 7) is -0.295. The van der Waals surface area contributed by atoms with Gasteiger partial charge in [0, 0.05) is 26.5 Å². The van der Waals surface area contributed by atoms with E-state index in [1.54, 1.807) is 66.7 Å². The molecule has 3 amide bonds. The van der Waals surface area contributed by atoms with Crippen molar-refractivity contribution in [3.63, 3.8) is 0 Å². The van der Waals surface area contributed by atoms with E-state index in [1.807, 2.05) is 0 Å². The van der Waals surface area contributed by atoms with Crippen LogP contribution in [0, 0.1) is 5.92 Å². The molecule has 3 heterocycles. The molecule has 4 aromatic rings. The molecule has 3 aromatic carbocycles. The number of fused-ring (bicyclic) bond motifs is 2. The van der Waals surface area contributed by atoms with Gasteiger partial charge in [0.05, 0.1) is 26.7 Å². The molecule has 0 radical (unpaired) electrons. The Hall–Kier alpha value is -2.79. The van der Waals surface area contributed by atoms with Gasteiger partial charge in [-0.2, -0.15) is 0 Å². The molecule has 6 rings (SSSR count). The highest BCUT2D eigenvalue weighted by Gasteiger charge is 2.57. The van der Waals surface area contributed by atoms with Crippen molar-refractivity contribution in [3.05, 3.63) is 107 Å². The van der Waals surface area contributed by atoms with Crippen LogP contribution >= 0.6 is 69.5 Å². The largest absolute Gasteiger partial charge is 0.325 e. The van der Waals surface area contributed by atoms with Gasteiger partial charge in [0.2, 0.25) is 17.7 Å². The molecule has 1 fully saturated rings. The van der Waals surface area contributed by atoms with Crippen LogP contribution in [0.4, 0.5) is 11.4 Å². The summed E-state index contributed by atoms with van der Waals surface area (Å²) in [5.74, 6) is -2.89. The molecule has 208 valence electrons. The summed E-state index contributed by atoms with van der Waals surface area (Å²) in [7, 11) is 0. The maximum Gasteiger partial charge on any atom is 0.308 e. The minimum atomic E-state index is -0.870. The Morgan fingerprint density at radius 3 is 2.20 bits per heavy atom. The average molecular weight is 665 g/mol. The number of halogens is 4. The third-order valence-corrected chi connectivity index (χ3v) is 10.8. The number of hydrogen-bond acceptors (Lipinski definition) is 6. The normalized spacial score (nSPS) is 19.7. The number of thioether (sulfide) groups is 1. The number of carbonyl (C=O) groups is 3. The molecule has 2 aliphatic heterocycles. The Balaban J connectivity index is 1.43. The van der Waals surface area contributed by atoms with Crippen molar-refractivity contribution in [2.24, 2.45) is 5.92 Å². The molecule has 0 spiro atoms. The average Bonchev–Trinajstić information content (AvgIpc) is 3.38. The van der Waals surface area contributed by atoms with Crippen molar-refractivity contribution in [3.8, 4) is 0 Å². The van der Waals surface area contributed by atoms with Crippen LogP contribution in [-0.4, -0.2) is 27.5 Å². The lowest BCUT2D eigenvalue weighted by molar-refractivity contribution is -0.122. The Labute approximate surface area is 262 Å². The van der Waals surface area contributed by atoms with Gasteiger partial charge in [-0.15, -0.1) is 0 Å².